The van der Waals surface area contributed by atoms with E-state index in [4.69, 9.17) is 9.15 Å². The first kappa shape index (κ1) is 19.2. The highest BCUT2D eigenvalue weighted by Gasteiger charge is 2.15. The molecule has 3 rings (SSSR count). The summed E-state index contributed by atoms with van der Waals surface area (Å²) in [5.41, 5.74) is 2.00. The zero-order valence-corrected chi connectivity index (χ0v) is 15.7. The minimum absolute atomic E-state index is 0.0319. The molecule has 0 aliphatic carbocycles. The van der Waals surface area contributed by atoms with Gasteiger partial charge in [0.1, 0.15) is 11.5 Å². The number of aromatic nitrogens is 1. The molecular weight excluding hydrogens is 358 g/mol. The number of amides is 2. The molecule has 144 valence electrons. The van der Waals surface area contributed by atoms with E-state index in [1.807, 2.05) is 42.5 Å². The third kappa shape index (κ3) is 4.97. The van der Waals surface area contributed by atoms with Crippen molar-refractivity contribution in [3.8, 4) is 17.2 Å². The first-order valence-electron chi connectivity index (χ1n) is 8.77. The van der Waals surface area contributed by atoms with Crippen LogP contribution in [0.5, 0.6) is 5.75 Å². The molecule has 0 fully saturated rings. The molecule has 2 N–H and O–H groups in total. The molecule has 1 heterocycles. The Labute approximate surface area is 162 Å². The second-order valence-electron chi connectivity index (χ2n) is 6.12. The van der Waals surface area contributed by atoms with Gasteiger partial charge in [-0.05, 0) is 43.3 Å². The highest BCUT2D eigenvalue weighted by Crippen LogP contribution is 2.24. The standard InChI is InChI=1S/C21H21N3O4/c1-14-18(24-21(28-14)15-8-10-17(27-2)11-9-15)12-19(25)22-13-20(26)23-16-6-4-3-5-7-16/h3-11H,12-13H2,1-2H3,(H,22,25)(H,23,26). The van der Waals surface area contributed by atoms with Gasteiger partial charge in [0.15, 0.2) is 0 Å². The zero-order valence-electron chi connectivity index (χ0n) is 15.7. The van der Waals surface area contributed by atoms with Crippen molar-refractivity contribution in [1.82, 2.24) is 10.3 Å². The van der Waals surface area contributed by atoms with E-state index in [-0.39, 0.29) is 24.8 Å². The highest BCUT2D eigenvalue weighted by molar-refractivity contribution is 5.94. The minimum atomic E-state index is -0.305. The molecule has 2 aromatic carbocycles. The van der Waals surface area contributed by atoms with Gasteiger partial charge in [0.25, 0.3) is 0 Å². The smallest absolute Gasteiger partial charge is 0.243 e. The van der Waals surface area contributed by atoms with Crippen molar-refractivity contribution in [2.75, 3.05) is 19.0 Å². The number of rotatable bonds is 7. The average Bonchev–Trinajstić information content (AvgIpc) is 3.07. The van der Waals surface area contributed by atoms with Crippen LogP contribution in [-0.2, 0) is 16.0 Å². The Bertz CT molecular complexity index is 950. The Morgan fingerprint density at radius 1 is 1.04 bits per heavy atom. The first-order valence-corrected chi connectivity index (χ1v) is 8.77. The molecule has 0 radical (unpaired) electrons. The van der Waals surface area contributed by atoms with E-state index < -0.39 is 0 Å². The van der Waals surface area contributed by atoms with Crippen molar-refractivity contribution in [2.45, 2.75) is 13.3 Å². The van der Waals surface area contributed by atoms with Crippen LogP contribution in [0.1, 0.15) is 11.5 Å². The number of ether oxygens (including phenoxy) is 1. The number of nitrogens with one attached hydrogen (secondary N) is 2. The SMILES string of the molecule is COc1ccc(-c2nc(CC(=O)NCC(=O)Nc3ccccc3)c(C)o2)cc1. The Hall–Kier alpha value is -3.61. The Kier molecular flexibility index (Phi) is 6.06. The van der Waals surface area contributed by atoms with Crippen LogP contribution in [0.4, 0.5) is 5.69 Å². The summed E-state index contributed by atoms with van der Waals surface area (Å²) in [7, 11) is 1.60. The maximum Gasteiger partial charge on any atom is 0.243 e. The van der Waals surface area contributed by atoms with Crippen LogP contribution < -0.4 is 15.4 Å². The Morgan fingerprint density at radius 2 is 1.75 bits per heavy atom. The molecule has 0 saturated carbocycles. The van der Waals surface area contributed by atoms with Gasteiger partial charge in [-0.1, -0.05) is 18.2 Å². The minimum Gasteiger partial charge on any atom is -0.497 e. The van der Waals surface area contributed by atoms with E-state index in [9.17, 15) is 9.59 Å². The molecular formula is C21H21N3O4. The number of nitrogens with zero attached hydrogens (tertiary/aromatic N) is 1. The lowest BCUT2D eigenvalue weighted by Crippen LogP contribution is -2.33. The lowest BCUT2D eigenvalue weighted by Gasteiger charge is -2.06. The summed E-state index contributed by atoms with van der Waals surface area (Å²) in [4.78, 5) is 28.5. The first-order chi connectivity index (χ1) is 13.5. The number of carbonyl (C=O) groups excluding carboxylic acids is 2. The van der Waals surface area contributed by atoms with E-state index in [0.29, 0.717) is 23.0 Å². The van der Waals surface area contributed by atoms with Crippen molar-refractivity contribution in [3.63, 3.8) is 0 Å². The fourth-order valence-corrected chi connectivity index (χ4v) is 2.57. The Balaban J connectivity index is 1.55. The lowest BCUT2D eigenvalue weighted by molar-refractivity contribution is -0.123. The third-order valence-electron chi connectivity index (χ3n) is 4.06. The van der Waals surface area contributed by atoms with Crippen molar-refractivity contribution in [3.05, 3.63) is 66.1 Å². The van der Waals surface area contributed by atoms with Crippen LogP contribution >= 0.6 is 0 Å². The number of methoxy groups -OCH3 is 1. The summed E-state index contributed by atoms with van der Waals surface area (Å²) in [5, 5.41) is 5.30. The van der Waals surface area contributed by atoms with Gasteiger partial charge in [-0.3, -0.25) is 9.59 Å². The summed E-state index contributed by atoms with van der Waals surface area (Å²) in [6.45, 7) is 1.64. The van der Waals surface area contributed by atoms with Crippen molar-refractivity contribution in [1.29, 1.82) is 0 Å². The molecule has 7 heteroatoms. The number of oxazole rings is 1. The maximum atomic E-state index is 12.2. The number of hydrogen-bond acceptors (Lipinski definition) is 5. The zero-order chi connectivity index (χ0) is 19.9. The number of para-hydroxylation sites is 1. The fourth-order valence-electron chi connectivity index (χ4n) is 2.57. The molecule has 0 unspecified atom stereocenters. The summed E-state index contributed by atoms with van der Waals surface area (Å²) in [6.07, 6.45) is 0.0319. The van der Waals surface area contributed by atoms with E-state index in [2.05, 4.69) is 15.6 Å². The fraction of sp³-hybridized carbons (Fsp3) is 0.190. The molecule has 7 nitrogen and oxygen atoms in total. The molecule has 0 bridgehead atoms. The number of anilines is 1. The van der Waals surface area contributed by atoms with Crippen LogP contribution in [0, 0.1) is 6.92 Å². The van der Waals surface area contributed by atoms with Gasteiger partial charge in [-0.25, -0.2) is 4.98 Å². The van der Waals surface area contributed by atoms with Crippen LogP contribution in [-0.4, -0.2) is 30.5 Å². The van der Waals surface area contributed by atoms with Gasteiger partial charge in [-0.2, -0.15) is 0 Å². The summed E-state index contributed by atoms with van der Waals surface area (Å²) in [6, 6.07) is 16.4. The molecule has 0 atom stereocenters. The average molecular weight is 379 g/mol. The van der Waals surface area contributed by atoms with Gasteiger partial charge >= 0.3 is 0 Å². The van der Waals surface area contributed by atoms with Crippen LogP contribution in [0.3, 0.4) is 0 Å². The summed E-state index contributed by atoms with van der Waals surface area (Å²) >= 11 is 0. The largest absolute Gasteiger partial charge is 0.497 e. The summed E-state index contributed by atoms with van der Waals surface area (Å²) in [5.74, 6) is 1.14. The van der Waals surface area contributed by atoms with Crippen molar-refractivity contribution < 1.29 is 18.7 Å². The lowest BCUT2D eigenvalue weighted by atomic mass is 10.2. The highest BCUT2D eigenvalue weighted by atomic mass is 16.5. The second kappa shape index (κ2) is 8.85. The van der Waals surface area contributed by atoms with Gasteiger partial charge in [0.05, 0.1) is 25.8 Å². The number of hydrogen-bond donors (Lipinski definition) is 2. The van der Waals surface area contributed by atoms with Gasteiger partial charge in [0, 0.05) is 11.3 Å². The van der Waals surface area contributed by atoms with Crippen LogP contribution in [0.15, 0.2) is 59.0 Å². The van der Waals surface area contributed by atoms with Gasteiger partial charge in [-0.15, -0.1) is 0 Å². The quantitative estimate of drug-likeness (QED) is 0.658. The predicted molar refractivity (Wildman–Crippen MR) is 105 cm³/mol. The monoisotopic (exact) mass is 379 g/mol. The Morgan fingerprint density at radius 3 is 2.43 bits per heavy atom. The molecule has 3 aromatic rings. The van der Waals surface area contributed by atoms with E-state index >= 15 is 0 Å². The van der Waals surface area contributed by atoms with Crippen LogP contribution in [0.2, 0.25) is 0 Å². The van der Waals surface area contributed by atoms with Crippen molar-refractivity contribution in [2.24, 2.45) is 0 Å². The van der Waals surface area contributed by atoms with Gasteiger partial charge in [0.2, 0.25) is 17.7 Å². The predicted octanol–water partition coefficient (Wildman–Crippen LogP) is 2.96. The molecule has 1 aromatic heterocycles. The van der Waals surface area contributed by atoms with E-state index in [1.165, 1.54) is 0 Å². The van der Waals surface area contributed by atoms with E-state index in [1.54, 1.807) is 26.2 Å². The number of aryl methyl sites for hydroxylation is 1. The third-order valence-corrected chi connectivity index (χ3v) is 4.06. The van der Waals surface area contributed by atoms with Crippen molar-refractivity contribution >= 4 is 17.5 Å². The normalized spacial score (nSPS) is 10.4. The maximum absolute atomic E-state index is 12.2. The van der Waals surface area contributed by atoms with Crippen LogP contribution in [0.25, 0.3) is 11.5 Å². The second-order valence-corrected chi connectivity index (χ2v) is 6.12. The number of benzene rings is 2. The molecule has 0 aliphatic rings. The topological polar surface area (TPSA) is 93.5 Å². The molecule has 0 spiro atoms. The molecule has 28 heavy (non-hydrogen) atoms. The number of carbonyl (C=O) groups is 2. The summed E-state index contributed by atoms with van der Waals surface area (Å²) < 4.78 is 10.8. The molecule has 2 amide bonds. The molecule has 0 aliphatic heterocycles. The van der Waals surface area contributed by atoms with Gasteiger partial charge < -0.3 is 19.8 Å². The van der Waals surface area contributed by atoms with E-state index in [0.717, 1.165) is 11.3 Å². The molecule has 0 saturated heterocycles.